The Morgan fingerprint density at radius 2 is 1.45 bits per heavy atom. The van der Waals surface area contributed by atoms with Crippen LogP contribution in [0.15, 0.2) is 48.5 Å². The summed E-state index contributed by atoms with van der Waals surface area (Å²) in [5, 5.41) is 10.5. The van der Waals surface area contributed by atoms with Gasteiger partial charge >= 0.3 is 0 Å². The number of aliphatic hydroxyl groups is 1. The Kier molecular flexibility index (Phi) is 10.7. The molecule has 2 aromatic carbocycles. The summed E-state index contributed by atoms with van der Waals surface area (Å²) in [7, 11) is 0. The molecule has 0 aliphatic heterocycles. The Balaban J connectivity index is 0.00000300. The summed E-state index contributed by atoms with van der Waals surface area (Å²) < 4.78 is 0. The van der Waals surface area contributed by atoms with E-state index in [0.717, 1.165) is 37.7 Å². The third kappa shape index (κ3) is 6.30. The maximum Gasteiger partial charge on any atom is 0.0790 e. The van der Waals surface area contributed by atoms with Crippen LogP contribution in [0.5, 0.6) is 0 Å². The van der Waals surface area contributed by atoms with Crippen LogP contribution in [0.1, 0.15) is 79.2 Å². The largest absolute Gasteiger partial charge is 0.388 e. The van der Waals surface area contributed by atoms with Crippen LogP contribution < -0.4 is 0 Å². The molecule has 2 aromatic rings. The van der Waals surface area contributed by atoms with Crippen molar-refractivity contribution in [1.29, 1.82) is 0 Å². The van der Waals surface area contributed by atoms with Gasteiger partial charge in [0.15, 0.2) is 0 Å². The summed E-state index contributed by atoms with van der Waals surface area (Å²) in [6.45, 7) is 6.13. The zero-order valence-electron chi connectivity index (χ0n) is 17.2. The van der Waals surface area contributed by atoms with Gasteiger partial charge in [-0.15, -0.1) is 23.2 Å². The SMILES string of the molecule is [CH2-]Cc1ccc(C2C(Cl)CC(Cl)C2c2ccc(C(O)CCCCC)cc2)cc1.[Y]. The van der Waals surface area contributed by atoms with Crippen LogP contribution in [0.2, 0.25) is 0 Å². The number of hydrogen-bond acceptors (Lipinski definition) is 1. The Morgan fingerprint density at radius 1 is 0.931 bits per heavy atom. The van der Waals surface area contributed by atoms with Gasteiger partial charge in [0, 0.05) is 55.3 Å². The third-order valence-electron chi connectivity index (χ3n) is 6.06. The van der Waals surface area contributed by atoms with Crippen LogP contribution in [0.25, 0.3) is 0 Å². The zero-order chi connectivity index (χ0) is 20.1. The van der Waals surface area contributed by atoms with E-state index in [-0.39, 0.29) is 61.4 Å². The van der Waals surface area contributed by atoms with Crippen molar-refractivity contribution in [3.8, 4) is 0 Å². The number of alkyl halides is 2. The molecule has 1 N–H and O–H groups in total. The van der Waals surface area contributed by atoms with Gasteiger partial charge in [-0.05, 0) is 29.5 Å². The topological polar surface area (TPSA) is 20.2 Å². The van der Waals surface area contributed by atoms with E-state index in [1.807, 2.05) is 0 Å². The van der Waals surface area contributed by atoms with Crippen LogP contribution in [0.4, 0.5) is 0 Å². The molecule has 5 atom stereocenters. The molecule has 1 aliphatic rings. The molecular formula is C25H31Cl2OY-. The van der Waals surface area contributed by atoms with Gasteiger partial charge in [-0.25, -0.2) is 0 Å². The van der Waals surface area contributed by atoms with E-state index < -0.39 is 0 Å². The number of aliphatic hydroxyl groups excluding tert-OH is 1. The van der Waals surface area contributed by atoms with Crippen molar-refractivity contribution in [3.05, 3.63) is 77.7 Å². The molecule has 0 saturated heterocycles. The maximum absolute atomic E-state index is 10.4. The van der Waals surface area contributed by atoms with Gasteiger partial charge in [0.2, 0.25) is 0 Å². The van der Waals surface area contributed by atoms with Crippen LogP contribution in [-0.2, 0) is 39.1 Å². The van der Waals surface area contributed by atoms with Crippen LogP contribution in [-0.4, -0.2) is 15.9 Å². The van der Waals surface area contributed by atoms with E-state index in [1.165, 1.54) is 23.1 Å². The normalized spacial score (nSPS) is 24.9. The van der Waals surface area contributed by atoms with E-state index in [9.17, 15) is 5.11 Å². The van der Waals surface area contributed by atoms with Crippen LogP contribution in [0, 0.1) is 6.92 Å². The average molecular weight is 507 g/mol. The smallest absolute Gasteiger partial charge is 0.0790 e. The number of halogens is 2. The molecule has 1 saturated carbocycles. The van der Waals surface area contributed by atoms with Gasteiger partial charge in [0.25, 0.3) is 0 Å². The Labute approximate surface area is 211 Å². The summed E-state index contributed by atoms with van der Waals surface area (Å²) in [4.78, 5) is 0. The molecule has 29 heavy (non-hydrogen) atoms. The van der Waals surface area contributed by atoms with Crippen molar-refractivity contribution < 1.29 is 37.8 Å². The standard InChI is InChI=1S/C25H31Cl2O.Y/c1-3-5-6-7-23(28)18-12-14-20(15-13-18)25-22(27)16-21(26)24(25)19-10-8-17(4-2)9-11-19;/h8-15,21-25,28H,2-7,16H2,1H3;/q-1;. The van der Waals surface area contributed by atoms with Crippen molar-refractivity contribution in [2.45, 2.75) is 74.1 Å². The van der Waals surface area contributed by atoms with Gasteiger partial charge in [-0.3, -0.25) is 0 Å². The van der Waals surface area contributed by atoms with Gasteiger partial charge in [-0.1, -0.05) is 80.3 Å². The summed E-state index contributed by atoms with van der Waals surface area (Å²) in [5.74, 6) is 0.379. The Hall–Kier alpha value is 0.0839. The minimum Gasteiger partial charge on any atom is -0.388 e. The number of hydrogen-bond donors (Lipinski definition) is 1. The number of unbranched alkanes of at least 4 members (excludes halogenated alkanes) is 2. The second-order valence-corrected chi connectivity index (χ2v) is 9.11. The van der Waals surface area contributed by atoms with Gasteiger partial charge < -0.3 is 12.0 Å². The van der Waals surface area contributed by atoms with Crippen LogP contribution in [0.3, 0.4) is 0 Å². The second-order valence-electron chi connectivity index (χ2n) is 7.99. The average Bonchev–Trinajstić information content (AvgIpc) is 3.02. The van der Waals surface area contributed by atoms with E-state index in [4.69, 9.17) is 23.2 Å². The van der Waals surface area contributed by atoms with E-state index >= 15 is 0 Å². The molecule has 3 rings (SSSR count). The van der Waals surface area contributed by atoms with E-state index in [0.29, 0.717) is 0 Å². The molecule has 0 amide bonds. The summed E-state index contributed by atoms with van der Waals surface area (Å²) in [5.41, 5.74) is 4.67. The predicted molar refractivity (Wildman–Crippen MR) is 120 cm³/mol. The van der Waals surface area contributed by atoms with Gasteiger partial charge in [-0.2, -0.15) is 6.42 Å². The molecule has 1 aliphatic carbocycles. The minimum atomic E-state index is -0.386. The van der Waals surface area contributed by atoms with Crippen LogP contribution >= 0.6 is 23.2 Å². The van der Waals surface area contributed by atoms with Crippen molar-refractivity contribution in [2.24, 2.45) is 0 Å². The fraction of sp³-hybridized carbons (Fsp3) is 0.480. The fourth-order valence-corrected chi connectivity index (χ4v) is 5.47. The molecule has 4 heteroatoms. The molecule has 0 heterocycles. The fourth-order valence-electron chi connectivity index (χ4n) is 4.39. The summed E-state index contributed by atoms with van der Waals surface area (Å²) in [6.07, 6.45) is 5.42. The molecule has 0 aromatic heterocycles. The molecule has 1 radical (unpaired) electrons. The van der Waals surface area contributed by atoms with Crippen molar-refractivity contribution >= 4 is 23.2 Å². The van der Waals surface area contributed by atoms with Crippen molar-refractivity contribution in [3.63, 3.8) is 0 Å². The van der Waals surface area contributed by atoms with Crippen molar-refractivity contribution in [1.82, 2.24) is 0 Å². The van der Waals surface area contributed by atoms with Crippen molar-refractivity contribution in [2.75, 3.05) is 0 Å². The molecule has 5 unspecified atom stereocenters. The first-order valence-electron chi connectivity index (χ1n) is 10.5. The monoisotopic (exact) mass is 506 g/mol. The molecule has 1 fully saturated rings. The predicted octanol–water partition coefficient (Wildman–Crippen LogP) is 7.16. The molecule has 0 bridgehead atoms. The maximum atomic E-state index is 10.4. The van der Waals surface area contributed by atoms with E-state index in [2.05, 4.69) is 62.4 Å². The molecule has 1 nitrogen and oxygen atoms in total. The number of benzene rings is 2. The zero-order valence-corrected chi connectivity index (χ0v) is 21.6. The Bertz CT molecular complexity index is 731. The molecular weight excluding hydrogens is 476 g/mol. The third-order valence-corrected chi connectivity index (χ3v) is 6.96. The number of rotatable bonds is 8. The van der Waals surface area contributed by atoms with Gasteiger partial charge in [0.1, 0.15) is 0 Å². The molecule has 0 spiro atoms. The second kappa shape index (κ2) is 12.2. The summed E-state index contributed by atoms with van der Waals surface area (Å²) >= 11 is 13.5. The first kappa shape index (κ1) is 25.3. The first-order chi connectivity index (χ1) is 13.5. The Morgan fingerprint density at radius 3 is 1.93 bits per heavy atom. The van der Waals surface area contributed by atoms with E-state index in [1.54, 1.807) is 0 Å². The van der Waals surface area contributed by atoms with Gasteiger partial charge in [0.05, 0.1) is 6.10 Å². The first-order valence-corrected chi connectivity index (χ1v) is 11.4. The molecule has 155 valence electrons. The quantitative estimate of drug-likeness (QED) is 0.228. The summed E-state index contributed by atoms with van der Waals surface area (Å²) in [6, 6.07) is 17.0. The minimum absolute atomic E-state index is 0.